The molecule has 5 heteroatoms. The molecule has 0 bridgehead atoms. The zero-order valence-electron chi connectivity index (χ0n) is 25.8. The maximum Gasteiger partial charge on any atom is 0.0776 e. The predicted molar refractivity (Wildman–Crippen MR) is 170 cm³/mol. The number of hydrogen-bond acceptors (Lipinski definition) is 3. The van der Waals surface area contributed by atoms with Crippen molar-refractivity contribution in [2.24, 2.45) is 0 Å². The zero-order chi connectivity index (χ0) is 29.5. The van der Waals surface area contributed by atoms with Crippen molar-refractivity contribution >= 4 is 44.8 Å². The van der Waals surface area contributed by atoms with E-state index in [9.17, 15) is 0 Å². The smallest absolute Gasteiger partial charge is 0.0776 e. The first-order chi connectivity index (χ1) is 20.1. The molecule has 0 aliphatic heterocycles. The molecule has 0 spiro atoms. The Morgan fingerprint density at radius 3 is 2.33 bits per heavy atom. The summed E-state index contributed by atoms with van der Waals surface area (Å²) in [4.78, 5) is 8.89. The Labute approximate surface area is 260 Å². The molecule has 2 nitrogen and oxygen atoms in total. The summed E-state index contributed by atoms with van der Waals surface area (Å²) in [5, 5.41) is 4.24. The number of rotatable bonds is 4. The number of pyridine rings is 2. The van der Waals surface area contributed by atoms with Crippen molar-refractivity contribution in [2.45, 2.75) is 45.3 Å². The van der Waals surface area contributed by atoms with Crippen LogP contribution in [-0.4, -0.2) is 18.0 Å². The monoisotopic (exact) mass is 736 g/mol. The van der Waals surface area contributed by atoms with Gasteiger partial charge in [0.25, 0.3) is 0 Å². The van der Waals surface area contributed by atoms with Gasteiger partial charge in [0, 0.05) is 41.3 Å². The van der Waals surface area contributed by atoms with Crippen molar-refractivity contribution < 1.29 is 24.2 Å². The van der Waals surface area contributed by atoms with Crippen molar-refractivity contribution in [1.29, 1.82) is 0 Å². The van der Waals surface area contributed by atoms with Crippen molar-refractivity contribution in [1.82, 2.24) is 9.97 Å². The van der Waals surface area contributed by atoms with Gasteiger partial charge in [-0.05, 0) is 64.3 Å². The van der Waals surface area contributed by atoms with Gasteiger partial charge in [-0.25, -0.2) is 0 Å². The Morgan fingerprint density at radius 1 is 0.850 bits per heavy atom. The van der Waals surface area contributed by atoms with Crippen molar-refractivity contribution in [2.75, 3.05) is 0 Å². The first kappa shape index (κ1) is 24.8. The number of benzene rings is 3. The predicted octanol–water partition coefficient (Wildman–Crippen LogP) is 9.19. The second kappa shape index (κ2) is 11.9. The molecule has 0 saturated heterocycles. The van der Waals surface area contributed by atoms with Gasteiger partial charge in [-0.2, -0.15) is 11.3 Å². The third-order valence-corrected chi connectivity index (χ3v) is 10.4. The van der Waals surface area contributed by atoms with Gasteiger partial charge in [0.05, 0.1) is 8.07 Å². The van der Waals surface area contributed by atoms with Gasteiger partial charge in [0.15, 0.2) is 0 Å². The van der Waals surface area contributed by atoms with E-state index in [2.05, 4.69) is 85.4 Å². The fourth-order valence-electron chi connectivity index (χ4n) is 4.72. The Kier molecular flexibility index (Phi) is 7.37. The molecule has 1 fully saturated rings. The van der Waals surface area contributed by atoms with E-state index in [0.717, 1.165) is 28.4 Å². The molecule has 0 amide bonds. The molecule has 0 unspecified atom stereocenters. The van der Waals surface area contributed by atoms with Crippen LogP contribution in [0.5, 0.6) is 0 Å². The quantitative estimate of drug-likeness (QED) is 0.133. The van der Waals surface area contributed by atoms with E-state index in [1.54, 1.807) is 18.2 Å². The van der Waals surface area contributed by atoms with Gasteiger partial charge in [-0.15, -0.1) is 59.7 Å². The summed E-state index contributed by atoms with van der Waals surface area (Å²) in [5.74, 6) is 0.751. The maximum atomic E-state index is 7.23. The second-order valence-electron chi connectivity index (χ2n) is 11.1. The van der Waals surface area contributed by atoms with Gasteiger partial charge in [0.2, 0.25) is 0 Å². The van der Waals surface area contributed by atoms with Crippen LogP contribution >= 0.6 is 11.3 Å². The Morgan fingerprint density at radius 2 is 1.68 bits per heavy atom. The molecular weight excluding hydrogens is 701 g/mol. The van der Waals surface area contributed by atoms with E-state index in [0.29, 0.717) is 0 Å². The Hall–Kier alpha value is -2.95. The summed E-state index contributed by atoms with van der Waals surface area (Å²) < 4.78 is 24.4. The average molecular weight is 736 g/mol. The maximum absolute atomic E-state index is 7.23. The van der Waals surface area contributed by atoms with Gasteiger partial charge in [-0.3, -0.25) is 0 Å². The number of fused-ring (bicyclic) bond motifs is 3. The van der Waals surface area contributed by atoms with Gasteiger partial charge in [0.1, 0.15) is 0 Å². The van der Waals surface area contributed by atoms with Crippen LogP contribution in [0, 0.1) is 19.0 Å². The molecule has 3 aromatic heterocycles. The van der Waals surface area contributed by atoms with Crippen LogP contribution in [0.3, 0.4) is 0 Å². The van der Waals surface area contributed by atoms with Crippen LogP contribution in [0.4, 0.5) is 0 Å². The molecule has 1 saturated carbocycles. The number of nitrogens with zero attached hydrogens (tertiary/aromatic N) is 2. The molecule has 7 rings (SSSR count). The fourth-order valence-corrected chi connectivity index (χ4v) is 7.06. The minimum absolute atomic E-state index is 0. The molecule has 0 N–H and O–H groups in total. The molecular formula is C35H32IrN2SSi-2. The van der Waals surface area contributed by atoms with E-state index < -0.39 is 14.9 Å². The standard InChI is InChI=1S/C23H22NSSi.C12H10N.Ir/c1-26(2,3)17-10-12-22-20(13-17)18-5-4-6-19(23(18)25-22)21-11-9-16(14-24-21)15-7-8-15;1-10-7-8-12(13-9-10)11-5-3-2-4-6-11;/h4-5,9-15H,7-8H2,1-3H3;2-5,7-9H,1H3;/q2*-1;/i;1D3;. The second-order valence-corrected chi connectivity index (χ2v) is 17.2. The molecule has 3 heterocycles. The minimum atomic E-state index is -2.09. The van der Waals surface area contributed by atoms with Crippen molar-refractivity contribution in [3.8, 4) is 22.5 Å². The topological polar surface area (TPSA) is 25.8 Å². The van der Waals surface area contributed by atoms with E-state index in [1.807, 2.05) is 29.5 Å². The molecule has 1 radical (unpaired) electrons. The minimum Gasteiger partial charge on any atom is -0.304 e. The van der Waals surface area contributed by atoms with E-state index in [1.165, 1.54) is 50.0 Å². The van der Waals surface area contributed by atoms with Crippen LogP contribution in [-0.2, 0) is 20.1 Å². The Bertz CT molecular complexity index is 1840. The first-order valence-electron chi connectivity index (χ1n) is 14.9. The van der Waals surface area contributed by atoms with Crippen LogP contribution in [0.15, 0.2) is 91.3 Å². The molecule has 6 aromatic rings. The largest absolute Gasteiger partial charge is 0.304 e. The first-order valence-corrected chi connectivity index (χ1v) is 17.7. The summed E-state index contributed by atoms with van der Waals surface area (Å²) in [6.07, 6.45) is 6.09. The number of thiophene rings is 1. The van der Waals surface area contributed by atoms with Crippen LogP contribution < -0.4 is 5.19 Å². The molecule has 1 aliphatic rings. The molecule has 0 atom stereocenters. The van der Waals surface area contributed by atoms with Gasteiger partial charge < -0.3 is 9.97 Å². The summed E-state index contributed by atoms with van der Waals surface area (Å²) in [5.41, 5.74) is 5.41. The summed E-state index contributed by atoms with van der Waals surface area (Å²) >= 11 is 1.87. The van der Waals surface area contributed by atoms with Crippen molar-refractivity contribution in [3.63, 3.8) is 0 Å². The number of aryl methyl sites for hydroxylation is 1. The average Bonchev–Trinajstić information content (AvgIpc) is 3.77. The molecule has 3 aromatic carbocycles. The van der Waals surface area contributed by atoms with E-state index in [4.69, 9.17) is 9.10 Å². The van der Waals surface area contributed by atoms with Crippen LogP contribution in [0.1, 0.15) is 34.0 Å². The number of aromatic nitrogens is 2. The fraction of sp³-hybridized carbons (Fsp3) is 0.200. The Balaban J connectivity index is 0.000000188. The molecule has 40 heavy (non-hydrogen) atoms. The van der Waals surface area contributed by atoms with Gasteiger partial charge >= 0.3 is 0 Å². The molecule has 1 aliphatic carbocycles. The number of hydrogen-bond donors (Lipinski definition) is 0. The molecule has 203 valence electrons. The van der Waals surface area contributed by atoms with Crippen LogP contribution in [0.25, 0.3) is 42.7 Å². The SMILES string of the molecule is C[Si](C)(C)c1ccc2sc3c(-c4ccc(C5CC5)cn4)[c-]ccc3c2c1.[2H]C([2H])([2H])c1ccc(-c2[c-]cccc2)nc1.[Ir]. The third-order valence-electron chi connectivity index (χ3n) is 7.14. The summed E-state index contributed by atoms with van der Waals surface area (Å²) in [6, 6.07) is 33.0. The summed E-state index contributed by atoms with van der Waals surface area (Å²) in [7, 11) is -1.32. The van der Waals surface area contributed by atoms with E-state index in [-0.39, 0.29) is 25.7 Å². The zero-order valence-corrected chi connectivity index (χ0v) is 27.0. The van der Waals surface area contributed by atoms with Crippen molar-refractivity contribution in [3.05, 3.63) is 115 Å². The normalized spacial score (nSPS) is 14.4. The van der Waals surface area contributed by atoms with Gasteiger partial charge in [-0.1, -0.05) is 66.6 Å². The van der Waals surface area contributed by atoms with E-state index >= 15 is 0 Å². The summed E-state index contributed by atoms with van der Waals surface area (Å²) in [6.45, 7) is 5.14. The third kappa shape index (κ3) is 6.18. The van der Waals surface area contributed by atoms with Crippen LogP contribution in [0.2, 0.25) is 19.6 Å².